The van der Waals surface area contributed by atoms with E-state index in [0.717, 1.165) is 0 Å². The molecule has 2 atom stereocenters. The topological polar surface area (TPSA) is 62.7 Å². The fourth-order valence-electron chi connectivity index (χ4n) is 3.10. The van der Waals surface area contributed by atoms with E-state index in [9.17, 15) is 9.90 Å². The van der Waals surface area contributed by atoms with Crippen LogP contribution in [0.4, 0.5) is 5.82 Å². The molecule has 0 unspecified atom stereocenters. The number of fused-ring (bicyclic) bond motifs is 1. The number of ether oxygens (including phenoxy) is 1. The molecule has 108 valence electrons. The number of carbonyl (C=O) groups is 1. The molecule has 0 spiro atoms. The molecule has 0 saturated carbocycles. The molecule has 0 bridgehead atoms. The first-order valence-electron chi connectivity index (χ1n) is 6.40. The van der Waals surface area contributed by atoms with E-state index in [2.05, 4.69) is 4.98 Å². The third kappa shape index (κ3) is 2.14. The van der Waals surface area contributed by atoms with Gasteiger partial charge < -0.3 is 14.7 Å². The molecule has 0 aliphatic carbocycles. The molecule has 3 rings (SSSR count). The number of aromatic nitrogens is 1. The van der Waals surface area contributed by atoms with Gasteiger partial charge in [0.2, 0.25) is 0 Å². The second-order valence-corrected chi connectivity index (χ2v) is 6.17. The zero-order valence-electron chi connectivity index (χ0n) is 10.7. The lowest BCUT2D eigenvalue weighted by molar-refractivity contribution is -0.157. The summed E-state index contributed by atoms with van der Waals surface area (Å²) in [5, 5.41) is 10.5. The minimum absolute atomic E-state index is 0.0395. The van der Waals surface area contributed by atoms with E-state index in [4.69, 9.17) is 27.9 Å². The number of anilines is 1. The Morgan fingerprint density at radius 3 is 3.00 bits per heavy atom. The maximum absolute atomic E-state index is 11.7. The number of carboxylic acids is 1. The van der Waals surface area contributed by atoms with Crippen molar-refractivity contribution in [3.63, 3.8) is 0 Å². The Morgan fingerprint density at radius 1 is 1.55 bits per heavy atom. The Kier molecular flexibility index (Phi) is 3.52. The lowest BCUT2D eigenvalue weighted by Crippen LogP contribution is -2.44. The molecular formula is C13H14Cl2N2O3. The molecule has 1 N–H and O–H groups in total. The van der Waals surface area contributed by atoms with Crippen LogP contribution in [0.3, 0.4) is 0 Å². The molecule has 1 aromatic rings. The molecule has 3 heterocycles. The number of aliphatic carboxylic acids is 1. The van der Waals surface area contributed by atoms with Gasteiger partial charge in [-0.2, -0.15) is 0 Å². The molecule has 0 aromatic carbocycles. The summed E-state index contributed by atoms with van der Waals surface area (Å²) in [6.45, 7) is 1.94. The molecule has 5 nitrogen and oxygen atoms in total. The van der Waals surface area contributed by atoms with Gasteiger partial charge in [-0.1, -0.05) is 23.2 Å². The zero-order valence-corrected chi connectivity index (χ0v) is 12.2. The number of halogens is 2. The Morgan fingerprint density at radius 2 is 2.35 bits per heavy atom. The normalized spacial score (nSPS) is 29.3. The highest BCUT2D eigenvalue weighted by Gasteiger charge is 2.54. The predicted octanol–water partition coefficient (Wildman–Crippen LogP) is 2.32. The van der Waals surface area contributed by atoms with Gasteiger partial charge in [-0.25, -0.2) is 4.98 Å². The zero-order chi connectivity index (χ0) is 14.3. The van der Waals surface area contributed by atoms with Crippen molar-refractivity contribution < 1.29 is 14.6 Å². The van der Waals surface area contributed by atoms with Crippen molar-refractivity contribution >= 4 is 35.0 Å². The van der Waals surface area contributed by atoms with Crippen LogP contribution in [-0.4, -0.2) is 42.4 Å². The molecule has 0 amide bonds. The summed E-state index contributed by atoms with van der Waals surface area (Å²) < 4.78 is 5.43. The molecule has 0 radical (unpaired) electrons. The summed E-state index contributed by atoms with van der Waals surface area (Å²) in [4.78, 5) is 17.9. The lowest BCUT2D eigenvalue weighted by atomic mass is 9.74. The molecule has 2 aliphatic rings. The average Bonchev–Trinajstić information content (AvgIpc) is 2.79. The minimum Gasteiger partial charge on any atom is -0.481 e. The fourth-order valence-corrected chi connectivity index (χ4v) is 3.60. The molecule has 20 heavy (non-hydrogen) atoms. The van der Waals surface area contributed by atoms with Crippen LogP contribution in [-0.2, 0) is 9.53 Å². The van der Waals surface area contributed by atoms with Crippen molar-refractivity contribution in [3.05, 3.63) is 22.3 Å². The van der Waals surface area contributed by atoms with Gasteiger partial charge in [0.1, 0.15) is 5.82 Å². The molecule has 7 heteroatoms. The number of carboxylic acid groups (broad SMARTS) is 1. The van der Waals surface area contributed by atoms with E-state index in [1.54, 1.807) is 6.07 Å². The van der Waals surface area contributed by atoms with Crippen molar-refractivity contribution in [1.82, 2.24) is 4.98 Å². The molecule has 1 aromatic heterocycles. The van der Waals surface area contributed by atoms with Crippen LogP contribution in [0.5, 0.6) is 0 Å². The first kappa shape index (κ1) is 13.9. The fraction of sp³-hybridized carbons (Fsp3) is 0.538. The Bertz CT molecular complexity index is 554. The van der Waals surface area contributed by atoms with E-state index in [-0.39, 0.29) is 5.92 Å². The van der Waals surface area contributed by atoms with Gasteiger partial charge in [-0.15, -0.1) is 0 Å². The highest BCUT2D eigenvalue weighted by Crippen LogP contribution is 2.44. The number of pyridine rings is 1. The van der Waals surface area contributed by atoms with Crippen LogP contribution in [0.1, 0.15) is 6.42 Å². The Hall–Kier alpha value is -1.04. The highest BCUT2D eigenvalue weighted by molar-refractivity contribution is 6.36. The van der Waals surface area contributed by atoms with Crippen molar-refractivity contribution in [2.45, 2.75) is 6.42 Å². The molecule has 2 saturated heterocycles. The van der Waals surface area contributed by atoms with Crippen molar-refractivity contribution in [2.75, 3.05) is 31.2 Å². The van der Waals surface area contributed by atoms with Crippen LogP contribution < -0.4 is 4.90 Å². The predicted molar refractivity (Wildman–Crippen MR) is 75.5 cm³/mol. The van der Waals surface area contributed by atoms with Crippen LogP contribution in [0.15, 0.2) is 12.3 Å². The van der Waals surface area contributed by atoms with E-state index >= 15 is 0 Å². The summed E-state index contributed by atoms with van der Waals surface area (Å²) in [5.41, 5.74) is -0.761. The summed E-state index contributed by atoms with van der Waals surface area (Å²) in [5.74, 6) is -0.216. The highest BCUT2D eigenvalue weighted by atomic mass is 35.5. The Balaban J connectivity index is 1.92. The third-order valence-corrected chi connectivity index (χ3v) is 4.71. The molecule has 2 fully saturated rings. The molecular weight excluding hydrogens is 303 g/mol. The van der Waals surface area contributed by atoms with Crippen LogP contribution in [0.25, 0.3) is 0 Å². The van der Waals surface area contributed by atoms with Crippen LogP contribution in [0, 0.1) is 11.3 Å². The summed E-state index contributed by atoms with van der Waals surface area (Å²) in [6.07, 6.45) is 2.05. The van der Waals surface area contributed by atoms with E-state index in [0.29, 0.717) is 48.6 Å². The number of nitrogens with zero attached hydrogens (tertiary/aromatic N) is 2. The number of rotatable bonds is 2. The summed E-state index contributed by atoms with van der Waals surface area (Å²) in [7, 11) is 0. The standard InChI is InChI=1S/C13H14Cl2N2O3/c14-9-3-10(15)11(16-4-9)17-5-8-6-20-2-1-13(8,7-17)12(18)19/h3-4,8H,1-2,5-7H2,(H,18,19)/t8-,13+/m1/s1. The van der Waals surface area contributed by atoms with E-state index in [1.165, 1.54) is 6.20 Å². The van der Waals surface area contributed by atoms with Gasteiger partial charge in [-0.05, 0) is 12.5 Å². The molecule has 2 aliphatic heterocycles. The first-order chi connectivity index (χ1) is 9.53. The Labute approximate surface area is 126 Å². The largest absolute Gasteiger partial charge is 0.481 e. The lowest BCUT2D eigenvalue weighted by Gasteiger charge is -2.33. The van der Waals surface area contributed by atoms with Crippen molar-refractivity contribution in [1.29, 1.82) is 0 Å². The third-order valence-electron chi connectivity index (χ3n) is 4.22. The quantitative estimate of drug-likeness (QED) is 0.907. The summed E-state index contributed by atoms with van der Waals surface area (Å²) in [6, 6.07) is 1.62. The van der Waals surface area contributed by atoms with Crippen LogP contribution >= 0.6 is 23.2 Å². The van der Waals surface area contributed by atoms with E-state index < -0.39 is 11.4 Å². The van der Waals surface area contributed by atoms with Gasteiger partial charge in [0.15, 0.2) is 0 Å². The average molecular weight is 317 g/mol. The maximum Gasteiger partial charge on any atom is 0.311 e. The smallest absolute Gasteiger partial charge is 0.311 e. The second kappa shape index (κ2) is 5.06. The van der Waals surface area contributed by atoms with Crippen molar-refractivity contribution in [3.8, 4) is 0 Å². The maximum atomic E-state index is 11.7. The monoisotopic (exact) mass is 316 g/mol. The van der Waals surface area contributed by atoms with Crippen LogP contribution in [0.2, 0.25) is 10.0 Å². The first-order valence-corrected chi connectivity index (χ1v) is 7.16. The van der Waals surface area contributed by atoms with Gasteiger partial charge >= 0.3 is 5.97 Å². The number of hydrogen-bond acceptors (Lipinski definition) is 4. The SMILES string of the molecule is O=C(O)[C@]12CCOC[C@H]1CN(c1ncc(Cl)cc1Cl)C2. The minimum atomic E-state index is -0.765. The summed E-state index contributed by atoms with van der Waals surface area (Å²) >= 11 is 12.0. The van der Waals surface area contributed by atoms with Gasteiger partial charge in [0, 0.05) is 31.8 Å². The van der Waals surface area contributed by atoms with Gasteiger partial charge in [-0.3, -0.25) is 4.79 Å². The van der Waals surface area contributed by atoms with Crippen molar-refractivity contribution in [2.24, 2.45) is 11.3 Å². The van der Waals surface area contributed by atoms with E-state index in [1.807, 2.05) is 4.90 Å². The van der Waals surface area contributed by atoms with Gasteiger partial charge in [0.05, 0.1) is 22.1 Å². The second-order valence-electron chi connectivity index (χ2n) is 5.32. The number of hydrogen-bond donors (Lipinski definition) is 1. The van der Waals surface area contributed by atoms with Gasteiger partial charge in [0.25, 0.3) is 0 Å².